The smallest absolute Gasteiger partial charge is 0.0654 e. The van der Waals surface area contributed by atoms with Gasteiger partial charge in [0.05, 0.1) is 12.6 Å². The number of hydrogen-bond acceptors (Lipinski definition) is 3. The lowest BCUT2D eigenvalue weighted by atomic mass is 10.2. The SMILES string of the molecule is CCONC1CNC1. The van der Waals surface area contributed by atoms with Gasteiger partial charge in [-0.15, -0.1) is 0 Å². The molecule has 2 N–H and O–H groups in total. The van der Waals surface area contributed by atoms with Gasteiger partial charge < -0.3 is 10.2 Å². The maximum atomic E-state index is 4.95. The Morgan fingerprint density at radius 3 is 2.88 bits per heavy atom. The predicted molar refractivity (Wildman–Crippen MR) is 31.4 cm³/mol. The summed E-state index contributed by atoms with van der Waals surface area (Å²) in [7, 11) is 0. The molecule has 0 bridgehead atoms. The molecule has 0 atom stereocenters. The lowest BCUT2D eigenvalue weighted by Crippen LogP contribution is -2.55. The second-order valence-electron chi connectivity index (χ2n) is 1.91. The molecule has 1 saturated heterocycles. The molecule has 8 heavy (non-hydrogen) atoms. The number of rotatable bonds is 3. The summed E-state index contributed by atoms with van der Waals surface area (Å²) in [5.74, 6) is 0. The molecule has 0 amide bonds. The molecule has 0 aliphatic carbocycles. The van der Waals surface area contributed by atoms with Crippen LogP contribution in [0.3, 0.4) is 0 Å². The van der Waals surface area contributed by atoms with Crippen molar-refractivity contribution < 1.29 is 4.84 Å². The van der Waals surface area contributed by atoms with Gasteiger partial charge in [0.2, 0.25) is 0 Å². The van der Waals surface area contributed by atoms with Crippen molar-refractivity contribution in [2.45, 2.75) is 13.0 Å². The summed E-state index contributed by atoms with van der Waals surface area (Å²) in [5.41, 5.74) is 2.91. The third-order valence-electron chi connectivity index (χ3n) is 1.18. The second kappa shape index (κ2) is 3.02. The fraction of sp³-hybridized carbons (Fsp3) is 1.00. The Morgan fingerprint density at radius 2 is 2.50 bits per heavy atom. The first-order chi connectivity index (χ1) is 3.93. The summed E-state index contributed by atoms with van der Waals surface area (Å²) in [5, 5.41) is 3.13. The van der Waals surface area contributed by atoms with Crippen molar-refractivity contribution in [3.63, 3.8) is 0 Å². The van der Waals surface area contributed by atoms with E-state index < -0.39 is 0 Å². The van der Waals surface area contributed by atoms with Crippen LogP contribution in [0.25, 0.3) is 0 Å². The molecule has 0 aromatic heterocycles. The first-order valence-corrected chi connectivity index (χ1v) is 3.01. The highest BCUT2D eigenvalue weighted by Gasteiger charge is 2.14. The van der Waals surface area contributed by atoms with E-state index in [1.54, 1.807) is 0 Å². The molecule has 3 heteroatoms. The van der Waals surface area contributed by atoms with E-state index >= 15 is 0 Å². The van der Waals surface area contributed by atoms with E-state index in [0.29, 0.717) is 6.04 Å². The normalized spacial score (nSPS) is 20.6. The Hall–Kier alpha value is -0.120. The molecule has 0 unspecified atom stereocenters. The van der Waals surface area contributed by atoms with Crippen molar-refractivity contribution in [2.75, 3.05) is 19.7 Å². The van der Waals surface area contributed by atoms with Crippen molar-refractivity contribution in [3.05, 3.63) is 0 Å². The first kappa shape index (κ1) is 6.01. The Bertz CT molecular complexity index is 63.4. The average molecular weight is 116 g/mol. The Morgan fingerprint density at radius 1 is 1.75 bits per heavy atom. The highest BCUT2D eigenvalue weighted by atomic mass is 16.6. The Labute approximate surface area is 49.4 Å². The van der Waals surface area contributed by atoms with E-state index in [9.17, 15) is 0 Å². The fourth-order valence-electron chi connectivity index (χ4n) is 0.573. The molecule has 0 aromatic rings. The molecule has 1 aliphatic heterocycles. The molecule has 1 aliphatic rings. The van der Waals surface area contributed by atoms with E-state index in [1.807, 2.05) is 6.92 Å². The standard InChI is InChI=1S/C5H12N2O/c1-2-8-7-5-3-6-4-5/h5-7H,2-4H2,1H3. The van der Waals surface area contributed by atoms with Gasteiger partial charge >= 0.3 is 0 Å². The molecule has 0 saturated carbocycles. The molecule has 3 nitrogen and oxygen atoms in total. The molecule has 1 fully saturated rings. The topological polar surface area (TPSA) is 33.3 Å². The quantitative estimate of drug-likeness (QED) is 0.488. The summed E-state index contributed by atoms with van der Waals surface area (Å²) in [6, 6.07) is 0.551. The summed E-state index contributed by atoms with van der Waals surface area (Å²) in [6.07, 6.45) is 0. The van der Waals surface area contributed by atoms with E-state index in [1.165, 1.54) is 0 Å². The minimum atomic E-state index is 0.551. The van der Waals surface area contributed by atoms with E-state index in [2.05, 4.69) is 10.8 Å². The lowest BCUT2D eigenvalue weighted by Gasteiger charge is -2.26. The highest BCUT2D eigenvalue weighted by molar-refractivity contribution is 4.77. The molecule has 0 radical (unpaired) electrons. The van der Waals surface area contributed by atoms with Crippen molar-refractivity contribution in [3.8, 4) is 0 Å². The molecular weight excluding hydrogens is 104 g/mol. The fourth-order valence-corrected chi connectivity index (χ4v) is 0.573. The summed E-state index contributed by atoms with van der Waals surface area (Å²) in [4.78, 5) is 4.95. The summed E-state index contributed by atoms with van der Waals surface area (Å²) >= 11 is 0. The van der Waals surface area contributed by atoms with Crippen LogP contribution in [0.4, 0.5) is 0 Å². The van der Waals surface area contributed by atoms with Gasteiger partial charge in [0.15, 0.2) is 0 Å². The van der Waals surface area contributed by atoms with Crippen LogP contribution < -0.4 is 10.8 Å². The second-order valence-corrected chi connectivity index (χ2v) is 1.91. The highest BCUT2D eigenvalue weighted by Crippen LogP contribution is 1.88. The minimum Gasteiger partial charge on any atom is -0.313 e. The van der Waals surface area contributed by atoms with Gasteiger partial charge in [-0.1, -0.05) is 0 Å². The van der Waals surface area contributed by atoms with Gasteiger partial charge in [0.1, 0.15) is 0 Å². The molecule has 0 aromatic carbocycles. The third-order valence-corrected chi connectivity index (χ3v) is 1.18. The van der Waals surface area contributed by atoms with Crippen LogP contribution in [-0.2, 0) is 4.84 Å². The number of hydroxylamine groups is 1. The van der Waals surface area contributed by atoms with Crippen LogP contribution >= 0.6 is 0 Å². The number of nitrogens with one attached hydrogen (secondary N) is 2. The number of hydrogen-bond donors (Lipinski definition) is 2. The maximum absolute atomic E-state index is 4.95. The zero-order valence-electron chi connectivity index (χ0n) is 5.11. The first-order valence-electron chi connectivity index (χ1n) is 3.01. The van der Waals surface area contributed by atoms with Crippen molar-refractivity contribution in [1.82, 2.24) is 10.8 Å². The van der Waals surface area contributed by atoms with Crippen molar-refractivity contribution in [2.24, 2.45) is 0 Å². The van der Waals surface area contributed by atoms with Crippen LogP contribution in [0.2, 0.25) is 0 Å². The Kier molecular flexibility index (Phi) is 2.27. The third kappa shape index (κ3) is 1.43. The molecular formula is C5H12N2O. The molecule has 0 spiro atoms. The van der Waals surface area contributed by atoms with E-state index in [0.717, 1.165) is 19.7 Å². The van der Waals surface area contributed by atoms with Gasteiger partial charge in [0, 0.05) is 13.1 Å². The summed E-state index contributed by atoms with van der Waals surface area (Å²) < 4.78 is 0. The largest absolute Gasteiger partial charge is 0.313 e. The van der Waals surface area contributed by atoms with Gasteiger partial charge in [-0.25, -0.2) is 0 Å². The van der Waals surface area contributed by atoms with Crippen LogP contribution in [0.15, 0.2) is 0 Å². The van der Waals surface area contributed by atoms with Gasteiger partial charge in [-0.3, -0.25) is 0 Å². The van der Waals surface area contributed by atoms with Crippen molar-refractivity contribution in [1.29, 1.82) is 0 Å². The monoisotopic (exact) mass is 116 g/mol. The van der Waals surface area contributed by atoms with Crippen LogP contribution in [-0.4, -0.2) is 25.7 Å². The molecule has 1 heterocycles. The zero-order chi connectivity index (χ0) is 5.82. The predicted octanol–water partition coefficient (Wildman–Crippen LogP) is -0.501. The average Bonchev–Trinajstić information content (AvgIpc) is 1.63. The van der Waals surface area contributed by atoms with E-state index in [-0.39, 0.29) is 0 Å². The van der Waals surface area contributed by atoms with Crippen LogP contribution in [0, 0.1) is 0 Å². The molecule has 1 rings (SSSR count). The molecule has 48 valence electrons. The van der Waals surface area contributed by atoms with Crippen molar-refractivity contribution >= 4 is 0 Å². The van der Waals surface area contributed by atoms with Gasteiger partial charge in [-0.2, -0.15) is 5.48 Å². The Balaban J connectivity index is 1.86. The van der Waals surface area contributed by atoms with Gasteiger partial charge in [0.25, 0.3) is 0 Å². The maximum Gasteiger partial charge on any atom is 0.0654 e. The zero-order valence-corrected chi connectivity index (χ0v) is 5.11. The van der Waals surface area contributed by atoms with E-state index in [4.69, 9.17) is 4.84 Å². The minimum absolute atomic E-state index is 0.551. The van der Waals surface area contributed by atoms with Gasteiger partial charge in [-0.05, 0) is 6.92 Å². The van der Waals surface area contributed by atoms with Crippen LogP contribution in [0.1, 0.15) is 6.92 Å². The lowest BCUT2D eigenvalue weighted by molar-refractivity contribution is 0.0114. The summed E-state index contributed by atoms with van der Waals surface area (Å²) in [6.45, 7) is 4.80. The van der Waals surface area contributed by atoms with Crippen LogP contribution in [0.5, 0.6) is 0 Å².